The molecule has 0 saturated carbocycles. The van der Waals surface area contributed by atoms with Gasteiger partial charge in [-0.3, -0.25) is 0 Å². The zero-order valence-electron chi connectivity index (χ0n) is 10.0. The van der Waals surface area contributed by atoms with Crippen LogP contribution in [0.25, 0.3) is 5.82 Å². The van der Waals surface area contributed by atoms with E-state index in [-0.39, 0.29) is 10.8 Å². The van der Waals surface area contributed by atoms with E-state index in [9.17, 15) is 13.2 Å². The average molecular weight is 322 g/mol. The van der Waals surface area contributed by atoms with E-state index < -0.39 is 11.7 Å². The molecule has 0 N–H and O–H groups in total. The summed E-state index contributed by atoms with van der Waals surface area (Å²) in [6.07, 6.45) is -1.16. The molecule has 3 nitrogen and oxygen atoms in total. The van der Waals surface area contributed by atoms with Crippen molar-refractivity contribution in [1.29, 1.82) is 0 Å². The third-order valence-electron chi connectivity index (χ3n) is 3.19. The number of fused-ring (bicyclic) bond motifs is 1. The Balaban J connectivity index is 2.08. The lowest BCUT2D eigenvalue weighted by molar-refractivity contribution is -0.137. The molecule has 3 rings (SSSR count). The maximum atomic E-state index is 12.6. The van der Waals surface area contributed by atoms with Gasteiger partial charge in [-0.25, -0.2) is 9.67 Å². The molecule has 0 unspecified atom stereocenters. The van der Waals surface area contributed by atoms with E-state index in [1.165, 1.54) is 4.68 Å². The Morgan fingerprint density at radius 1 is 1.20 bits per heavy atom. The van der Waals surface area contributed by atoms with Crippen molar-refractivity contribution >= 4 is 23.2 Å². The Kier molecular flexibility index (Phi) is 3.17. The summed E-state index contributed by atoms with van der Waals surface area (Å²) < 4.78 is 39.0. The summed E-state index contributed by atoms with van der Waals surface area (Å²) in [4.78, 5) is 3.75. The van der Waals surface area contributed by atoms with Gasteiger partial charge in [0.05, 0.1) is 16.3 Å². The van der Waals surface area contributed by atoms with Gasteiger partial charge in [-0.15, -0.1) is 0 Å². The van der Waals surface area contributed by atoms with Crippen molar-refractivity contribution in [3.8, 4) is 5.82 Å². The first kappa shape index (κ1) is 13.7. The van der Waals surface area contributed by atoms with Crippen molar-refractivity contribution in [1.82, 2.24) is 14.8 Å². The zero-order valence-corrected chi connectivity index (χ0v) is 11.5. The van der Waals surface area contributed by atoms with Gasteiger partial charge >= 0.3 is 6.18 Å². The average Bonchev–Trinajstić information content (AvgIpc) is 2.92. The van der Waals surface area contributed by atoms with Gasteiger partial charge < -0.3 is 0 Å². The van der Waals surface area contributed by atoms with Crippen molar-refractivity contribution in [3.05, 3.63) is 39.3 Å². The van der Waals surface area contributed by atoms with Gasteiger partial charge in [0.1, 0.15) is 5.15 Å². The summed E-state index contributed by atoms with van der Waals surface area (Å²) in [5.41, 5.74) is 0.874. The molecule has 0 atom stereocenters. The predicted octanol–water partition coefficient (Wildman–Crippen LogP) is 4.08. The van der Waals surface area contributed by atoms with Gasteiger partial charge in [0, 0.05) is 11.8 Å². The van der Waals surface area contributed by atoms with Crippen LogP contribution >= 0.6 is 23.2 Å². The molecule has 0 amide bonds. The van der Waals surface area contributed by atoms with Crippen LogP contribution in [0.3, 0.4) is 0 Å². The molecule has 1 aliphatic carbocycles. The molecule has 0 bridgehead atoms. The van der Waals surface area contributed by atoms with E-state index in [4.69, 9.17) is 23.2 Å². The normalized spacial score (nSPS) is 14.7. The Morgan fingerprint density at radius 3 is 2.55 bits per heavy atom. The van der Waals surface area contributed by atoms with Crippen LogP contribution in [0.4, 0.5) is 13.2 Å². The highest BCUT2D eigenvalue weighted by atomic mass is 35.5. The van der Waals surface area contributed by atoms with Crippen molar-refractivity contribution in [2.45, 2.75) is 25.4 Å². The molecule has 106 valence electrons. The molecule has 2 heterocycles. The van der Waals surface area contributed by atoms with Gasteiger partial charge in [-0.2, -0.15) is 18.3 Å². The number of aryl methyl sites for hydroxylation is 1. The molecule has 1 aliphatic rings. The van der Waals surface area contributed by atoms with Crippen LogP contribution in [-0.2, 0) is 19.0 Å². The largest absolute Gasteiger partial charge is 0.417 e. The Hall–Kier alpha value is -1.27. The van der Waals surface area contributed by atoms with Gasteiger partial charge in [0.15, 0.2) is 5.82 Å². The topological polar surface area (TPSA) is 30.7 Å². The number of pyridine rings is 1. The van der Waals surface area contributed by atoms with Gasteiger partial charge in [0.25, 0.3) is 0 Å². The molecule has 0 spiro atoms. The number of aromatic nitrogens is 3. The number of hydrogen-bond donors (Lipinski definition) is 0. The van der Waals surface area contributed by atoms with Crippen molar-refractivity contribution in [3.63, 3.8) is 0 Å². The highest BCUT2D eigenvalue weighted by molar-refractivity contribution is 6.33. The van der Waals surface area contributed by atoms with Crippen LogP contribution in [0.2, 0.25) is 10.2 Å². The van der Waals surface area contributed by atoms with E-state index in [1.54, 1.807) is 0 Å². The molecular formula is C12H8Cl2F3N3. The third-order valence-corrected chi connectivity index (χ3v) is 3.86. The highest BCUT2D eigenvalue weighted by Crippen LogP contribution is 2.34. The van der Waals surface area contributed by atoms with Crippen LogP contribution in [0.15, 0.2) is 12.3 Å². The van der Waals surface area contributed by atoms with Crippen molar-refractivity contribution in [2.24, 2.45) is 0 Å². The molecule has 0 aliphatic heterocycles. The Labute approximate surface area is 122 Å². The smallest absolute Gasteiger partial charge is 0.235 e. The minimum Gasteiger partial charge on any atom is -0.235 e. The molecule has 0 aromatic carbocycles. The lowest BCUT2D eigenvalue weighted by atomic mass is 10.2. The van der Waals surface area contributed by atoms with Gasteiger partial charge in [0.2, 0.25) is 0 Å². The second kappa shape index (κ2) is 4.63. The zero-order chi connectivity index (χ0) is 14.5. The first-order chi connectivity index (χ1) is 9.38. The minimum absolute atomic E-state index is 0.110. The summed E-state index contributed by atoms with van der Waals surface area (Å²) >= 11 is 12.1. The van der Waals surface area contributed by atoms with E-state index in [0.29, 0.717) is 5.15 Å². The second-order valence-corrected chi connectivity index (χ2v) is 5.27. The lowest BCUT2D eigenvalue weighted by Crippen LogP contribution is -2.08. The SMILES string of the molecule is FC(F)(F)c1cnc(-n2nc3c(c2Cl)CCC3)c(Cl)c1. The Morgan fingerprint density at radius 2 is 1.95 bits per heavy atom. The first-order valence-electron chi connectivity index (χ1n) is 5.87. The summed E-state index contributed by atoms with van der Waals surface area (Å²) in [6, 6.07) is 0.826. The molecule has 0 saturated heterocycles. The number of alkyl halides is 3. The Bertz CT molecular complexity index is 679. The van der Waals surface area contributed by atoms with Gasteiger partial charge in [-0.05, 0) is 25.3 Å². The minimum atomic E-state index is -4.48. The standard InChI is InChI=1S/C12H8Cl2F3N3/c13-8-4-6(12(15,16)17)5-18-11(8)20-10(14)7-2-1-3-9(7)19-20/h4-5H,1-3H2. The van der Waals surface area contributed by atoms with Crippen LogP contribution in [0.5, 0.6) is 0 Å². The molecular weight excluding hydrogens is 314 g/mol. The second-order valence-electron chi connectivity index (χ2n) is 4.51. The van der Waals surface area contributed by atoms with Crippen LogP contribution in [0, 0.1) is 0 Å². The number of nitrogens with zero attached hydrogens (tertiary/aromatic N) is 3. The first-order valence-corrected chi connectivity index (χ1v) is 6.63. The molecule has 2 aromatic heterocycles. The predicted molar refractivity (Wildman–Crippen MR) is 68.4 cm³/mol. The molecule has 0 fully saturated rings. The third kappa shape index (κ3) is 2.16. The van der Waals surface area contributed by atoms with E-state index >= 15 is 0 Å². The van der Waals surface area contributed by atoms with Crippen molar-refractivity contribution < 1.29 is 13.2 Å². The van der Waals surface area contributed by atoms with Crippen LogP contribution in [-0.4, -0.2) is 14.8 Å². The molecule has 8 heteroatoms. The van der Waals surface area contributed by atoms with Crippen molar-refractivity contribution in [2.75, 3.05) is 0 Å². The maximum absolute atomic E-state index is 12.6. The number of halogens is 5. The fraction of sp³-hybridized carbons (Fsp3) is 0.333. The fourth-order valence-corrected chi connectivity index (χ4v) is 2.80. The molecule has 20 heavy (non-hydrogen) atoms. The van der Waals surface area contributed by atoms with E-state index in [0.717, 1.165) is 42.8 Å². The molecule has 0 radical (unpaired) electrons. The fourth-order valence-electron chi connectivity index (χ4n) is 2.23. The summed E-state index contributed by atoms with van der Waals surface area (Å²) in [6.45, 7) is 0. The number of hydrogen-bond acceptors (Lipinski definition) is 2. The monoisotopic (exact) mass is 321 g/mol. The quantitative estimate of drug-likeness (QED) is 0.792. The maximum Gasteiger partial charge on any atom is 0.417 e. The summed E-state index contributed by atoms with van der Waals surface area (Å²) in [5, 5.41) is 4.50. The summed E-state index contributed by atoms with van der Waals surface area (Å²) in [5.74, 6) is 0.110. The van der Waals surface area contributed by atoms with E-state index in [1.807, 2.05) is 0 Å². The highest BCUT2D eigenvalue weighted by Gasteiger charge is 2.32. The van der Waals surface area contributed by atoms with Crippen LogP contribution in [0.1, 0.15) is 23.2 Å². The van der Waals surface area contributed by atoms with E-state index in [2.05, 4.69) is 10.1 Å². The van der Waals surface area contributed by atoms with Gasteiger partial charge in [-0.1, -0.05) is 23.2 Å². The number of rotatable bonds is 1. The molecule has 2 aromatic rings. The lowest BCUT2D eigenvalue weighted by Gasteiger charge is -2.10. The van der Waals surface area contributed by atoms with Crippen LogP contribution < -0.4 is 0 Å². The summed E-state index contributed by atoms with van der Waals surface area (Å²) in [7, 11) is 0.